The molecule has 4 aliphatic carbocycles. The zero-order valence-corrected chi connectivity index (χ0v) is 20.5. The molecule has 0 spiro atoms. The summed E-state index contributed by atoms with van der Waals surface area (Å²) in [4.78, 5) is 22.6. The van der Waals surface area contributed by atoms with Crippen molar-refractivity contribution in [3.05, 3.63) is 0 Å². The van der Waals surface area contributed by atoms with Crippen LogP contribution in [0.4, 0.5) is 0 Å². The first-order valence-corrected chi connectivity index (χ1v) is 12.8. The number of aliphatic hydroxyl groups excluding tert-OH is 2. The number of carboxylic acids is 1. The van der Waals surface area contributed by atoms with Crippen LogP contribution in [0.5, 0.6) is 0 Å². The molecule has 33 heavy (non-hydrogen) atoms. The molecule has 0 amide bonds. The number of hydrogen-bond acceptors (Lipinski definition) is 6. The average Bonchev–Trinajstić information content (AvgIpc) is 3.06. The highest BCUT2D eigenvalue weighted by Gasteiger charge is 2.66. The van der Waals surface area contributed by atoms with E-state index in [1.165, 1.54) is 6.92 Å². The summed E-state index contributed by atoms with van der Waals surface area (Å²) in [5.74, 6) is -1.82. The summed E-state index contributed by atoms with van der Waals surface area (Å²) in [6, 6.07) is 0. The van der Waals surface area contributed by atoms with Gasteiger partial charge in [0.05, 0.1) is 12.2 Å². The number of aliphatic hydroxyl groups is 3. The van der Waals surface area contributed by atoms with Crippen LogP contribution in [0.15, 0.2) is 0 Å². The van der Waals surface area contributed by atoms with Crippen LogP contribution in [0.1, 0.15) is 85.5 Å². The summed E-state index contributed by atoms with van der Waals surface area (Å²) in [5.41, 5.74) is -0.456. The maximum absolute atomic E-state index is 11.6. The minimum absolute atomic E-state index is 0.0232. The Bertz CT molecular complexity index is 785. The predicted octanol–water partition coefficient (Wildman–Crippen LogP) is 3.34. The van der Waals surface area contributed by atoms with E-state index in [4.69, 9.17) is 9.84 Å². The molecule has 4 saturated carbocycles. The third kappa shape index (κ3) is 4.02. The lowest BCUT2D eigenvalue weighted by Gasteiger charge is -2.64. The highest BCUT2D eigenvalue weighted by atomic mass is 16.7. The average molecular weight is 467 g/mol. The second-order valence-electron chi connectivity index (χ2n) is 12.3. The Hall–Kier alpha value is -1.18. The Morgan fingerprint density at radius 1 is 1.09 bits per heavy atom. The van der Waals surface area contributed by atoms with Crippen molar-refractivity contribution < 1.29 is 34.8 Å². The highest BCUT2D eigenvalue weighted by molar-refractivity contribution is 5.66. The number of carboxylic acid groups (broad SMARTS) is 1. The molecular formula is C26H42O7. The second kappa shape index (κ2) is 8.49. The number of aliphatic carboxylic acids is 1. The number of esters is 1. The lowest BCUT2D eigenvalue weighted by atomic mass is 9.43. The largest absolute Gasteiger partial charge is 0.481 e. The van der Waals surface area contributed by atoms with Crippen LogP contribution in [-0.2, 0) is 14.3 Å². The van der Waals surface area contributed by atoms with E-state index in [1.807, 2.05) is 0 Å². The van der Waals surface area contributed by atoms with Crippen LogP contribution in [0.2, 0.25) is 0 Å². The van der Waals surface area contributed by atoms with Gasteiger partial charge in [0.1, 0.15) is 0 Å². The van der Waals surface area contributed by atoms with Gasteiger partial charge in [0.2, 0.25) is 5.79 Å². The topological polar surface area (TPSA) is 124 Å². The lowest BCUT2D eigenvalue weighted by Crippen LogP contribution is -2.63. The van der Waals surface area contributed by atoms with Gasteiger partial charge in [0, 0.05) is 26.2 Å². The van der Waals surface area contributed by atoms with Crippen molar-refractivity contribution >= 4 is 11.9 Å². The van der Waals surface area contributed by atoms with Crippen LogP contribution in [0.25, 0.3) is 0 Å². The molecule has 4 rings (SSSR count). The molecule has 4 N–H and O–H groups in total. The summed E-state index contributed by atoms with van der Waals surface area (Å²) in [7, 11) is 0. The van der Waals surface area contributed by atoms with Gasteiger partial charge in [-0.2, -0.15) is 0 Å². The van der Waals surface area contributed by atoms with E-state index >= 15 is 0 Å². The second-order valence-corrected chi connectivity index (χ2v) is 12.3. The SMILES string of the molecule is CC(=O)OC1(O)CCC2(C)C(CC(O)C3C2CC(O)C2(C)C(C(C)CCC(=O)O)CCC32)C1. The number of carbonyl (C=O) groups excluding carboxylic acids is 1. The minimum atomic E-state index is -1.47. The van der Waals surface area contributed by atoms with E-state index in [-0.39, 0.29) is 52.8 Å². The maximum Gasteiger partial charge on any atom is 0.305 e. The molecule has 4 fully saturated rings. The Morgan fingerprint density at radius 2 is 1.79 bits per heavy atom. The molecule has 0 heterocycles. The Morgan fingerprint density at radius 3 is 2.42 bits per heavy atom. The van der Waals surface area contributed by atoms with Gasteiger partial charge in [-0.15, -0.1) is 0 Å². The van der Waals surface area contributed by atoms with Crippen molar-refractivity contribution in [1.82, 2.24) is 0 Å². The fourth-order valence-corrected chi connectivity index (χ4v) is 9.02. The number of ether oxygens (including phenoxy) is 1. The summed E-state index contributed by atoms with van der Waals surface area (Å²) < 4.78 is 5.27. The van der Waals surface area contributed by atoms with Crippen LogP contribution in [0, 0.1) is 46.3 Å². The van der Waals surface area contributed by atoms with Gasteiger partial charge >= 0.3 is 11.9 Å². The molecule has 0 aliphatic heterocycles. The molecule has 188 valence electrons. The van der Waals surface area contributed by atoms with Gasteiger partial charge in [-0.1, -0.05) is 20.8 Å². The number of fused-ring (bicyclic) bond motifs is 5. The van der Waals surface area contributed by atoms with Crippen molar-refractivity contribution in [1.29, 1.82) is 0 Å². The standard InChI is InChI=1S/C26H42O7/c1-14(5-8-22(30)31)17-6-7-18-23-19(12-21(29)25(17,18)4)24(3)9-10-26(32,33-15(2)27)13-16(24)11-20(23)28/h14,16-21,23,28-29,32H,5-13H2,1-4H3,(H,30,31). The molecule has 0 saturated heterocycles. The van der Waals surface area contributed by atoms with E-state index in [0.29, 0.717) is 38.5 Å². The van der Waals surface area contributed by atoms with Gasteiger partial charge in [-0.05, 0) is 84.9 Å². The van der Waals surface area contributed by atoms with E-state index in [2.05, 4.69) is 20.8 Å². The molecule has 0 aromatic rings. The Balaban J connectivity index is 1.58. The van der Waals surface area contributed by atoms with Gasteiger partial charge < -0.3 is 25.2 Å². The first-order valence-electron chi connectivity index (χ1n) is 12.8. The van der Waals surface area contributed by atoms with Crippen molar-refractivity contribution in [2.45, 2.75) is 103 Å². The molecule has 0 aromatic carbocycles. The molecule has 0 bridgehead atoms. The first-order chi connectivity index (χ1) is 15.3. The molecular weight excluding hydrogens is 424 g/mol. The first kappa shape index (κ1) is 24.9. The fourth-order valence-electron chi connectivity index (χ4n) is 9.02. The van der Waals surface area contributed by atoms with Crippen LogP contribution >= 0.6 is 0 Å². The molecule has 7 nitrogen and oxygen atoms in total. The Labute approximate surface area is 196 Å². The van der Waals surface area contributed by atoms with E-state index in [1.54, 1.807) is 0 Å². The van der Waals surface area contributed by atoms with E-state index in [0.717, 1.165) is 12.8 Å². The molecule has 11 unspecified atom stereocenters. The van der Waals surface area contributed by atoms with Crippen LogP contribution < -0.4 is 0 Å². The summed E-state index contributed by atoms with van der Waals surface area (Å²) in [5, 5.41) is 43.0. The summed E-state index contributed by atoms with van der Waals surface area (Å²) in [6.45, 7) is 7.84. The van der Waals surface area contributed by atoms with Crippen molar-refractivity contribution in [3.63, 3.8) is 0 Å². The van der Waals surface area contributed by atoms with Crippen LogP contribution in [0.3, 0.4) is 0 Å². The number of hydrogen-bond donors (Lipinski definition) is 4. The predicted molar refractivity (Wildman–Crippen MR) is 121 cm³/mol. The molecule has 7 heteroatoms. The molecule has 4 aliphatic rings. The molecule has 0 aromatic heterocycles. The van der Waals surface area contributed by atoms with E-state index in [9.17, 15) is 24.9 Å². The van der Waals surface area contributed by atoms with Gasteiger partial charge in [-0.25, -0.2) is 0 Å². The zero-order valence-electron chi connectivity index (χ0n) is 20.5. The van der Waals surface area contributed by atoms with Gasteiger partial charge in [0.25, 0.3) is 0 Å². The maximum atomic E-state index is 11.6. The van der Waals surface area contributed by atoms with Crippen molar-refractivity contribution in [2.24, 2.45) is 46.3 Å². The lowest BCUT2D eigenvalue weighted by molar-refractivity contribution is -0.264. The molecule has 11 atom stereocenters. The van der Waals surface area contributed by atoms with Gasteiger partial charge in [0.15, 0.2) is 0 Å². The number of carbonyl (C=O) groups is 2. The van der Waals surface area contributed by atoms with E-state index < -0.39 is 29.9 Å². The van der Waals surface area contributed by atoms with Crippen LogP contribution in [-0.4, -0.2) is 50.4 Å². The zero-order chi connectivity index (χ0) is 24.3. The molecule has 0 radical (unpaired) electrons. The smallest absolute Gasteiger partial charge is 0.305 e. The minimum Gasteiger partial charge on any atom is -0.481 e. The van der Waals surface area contributed by atoms with Gasteiger partial charge in [-0.3, -0.25) is 9.59 Å². The highest BCUT2D eigenvalue weighted by Crippen LogP contribution is 2.69. The fraction of sp³-hybridized carbons (Fsp3) is 0.923. The van der Waals surface area contributed by atoms with Crippen molar-refractivity contribution in [2.75, 3.05) is 0 Å². The normalized spacial score (nSPS) is 50.0. The monoisotopic (exact) mass is 466 g/mol. The van der Waals surface area contributed by atoms with Crippen molar-refractivity contribution in [3.8, 4) is 0 Å². The third-order valence-corrected chi connectivity index (χ3v) is 10.7. The quantitative estimate of drug-likeness (QED) is 0.362. The summed E-state index contributed by atoms with van der Waals surface area (Å²) >= 11 is 0. The summed E-state index contributed by atoms with van der Waals surface area (Å²) in [6.07, 6.45) is 4.25. The third-order valence-electron chi connectivity index (χ3n) is 10.7. The number of rotatable bonds is 5. The Kier molecular flexibility index (Phi) is 6.41.